The fourth-order valence-electron chi connectivity index (χ4n) is 2.19. The lowest BCUT2D eigenvalue weighted by molar-refractivity contribution is 0.0410. The van der Waals surface area contributed by atoms with Crippen LogP contribution in [0.15, 0.2) is 23.0 Å². The molecule has 0 bridgehead atoms. The van der Waals surface area contributed by atoms with Crippen molar-refractivity contribution in [2.45, 2.75) is 52.1 Å². The van der Waals surface area contributed by atoms with Crippen molar-refractivity contribution in [1.82, 2.24) is 19.8 Å². The van der Waals surface area contributed by atoms with E-state index in [1.165, 1.54) is 9.36 Å². The van der Waals surface area contributed by atoms with Crippen LogP contribution in [0, 0.1) is 0 Å². The molecule has 1 aromatic carbocycles. The summed E-state index contributed by atoms with van der Waals surface area (Å²) in [4.78, 5) is 12.3. The van der Waals surface area contributed by atoms with E-state index in [4.69, 9.17) is 4.74 Å². The largest absolute Gasteiger partial charge is 0.483 e. The van der Waals surface area contributed by atoms with Crippen molar-refractivity contribution in [3.05, 3.63) is 34.2 Å². The third kappa shape index (κ3) is 3.51. The van der Waals surface area contributed by atoms with Crippen molar-refractivity contribution in [3.63, 3.8) is 0 Å². The standard InChI is InChI=1S/C17H26N4O3/c1-7-16(2,3)12-8-9-14(24-17(4,5)11-22)13(10-12)21-15(23)20(6)18-19-21/h8-10,22H,7,11H2,1-6H3. The smallest absolute Gasteiger partial charge is 0.368 e. The zero-order valence-corrected chi connectivity index (χ0v) is 15.2. The fraction of sp³-hybridized carbons (Fsp3) is 0.588. The number of ether oxygens (including phenoxy) is 1. The van der Waals surface area contributed by atoms with Crippen LogP contribution >= 0.6 is 0 Å². The van der Waals surface area contributed by atoms with Gasteiger partial charge in [-0.15, -0.1) is 0 Å². The molecule has 0 aliphatic heterocycles. The van der Waals surface area contributed by atoms with Gasteiger partial charge in [0.15, 0.2) is 0 Å². The summed E-state index contributed by atoms with van der Waals surface area (Å²) in [6.07, 6.45) is 0.949. The number of hydrogen-bond acceptors (Lipinski definition) is 5. The number of benzene rings is 1. The highest BCUT2D eigenvalue weighted by Gasteiger charge is 2.25. The van der Waals surface area contributed by atoms with Crippen LogP contribution in [0.1, 0.15) is 46.6 Å². The first-order chi connectivity index (χ1) is 11.1. The Morgan fingerprint density at radius 3 is 2.38 bits per heavy atom. The highest BCUT2D eigenvalue weighted by atomic mass is 16.5. The van der Waals surface area contributed by atoms with Crippen molar-refractivity contribution in [3.8, 4) is 11.4 Å². The lowest BCUT2D eigenvalue weighted by Gasteiger charge is -2.28. The van der Waals surface area contributed by atoms with Gasteiger partial charge in [-0.3, -0.25) is 0 Å². The number of aliphatic hydroxyl groups is 1. The molecule has 0 radical (unpaired) electrons. The Bertz CT molecular complexity index is 774. The average Bonchev–Trinajstić information content (AvgIpc) is 2.87. The minimum Gasteiger partial charge on any atom is -0.483 e. The summed E-state index contributed by atoms with van der Waals surface area (Å²) < 4.78 is 8.30. The first-order valence-electron chi connectivity index (χ1n) is 8.05. The van der Waals surface area contributed by atoms with Crippen molar-refractivity contribution in [1.29, 1.82) is 0 Å². The number of rotatable bonds is 6. The van der Waals surface area contributed by atoms with E-state index in [0.29, 0.717) is 11.4 Å². The summed E-state index contributed by atoms with van der Waals surface area (Å²) in [6, 6.07) is 5.71. The van der Waals surface area contributed by atoms with E-state index < -0.39 is 5.60 Å². The van der Waals surface area contributed by atoms with Crippen LogP contribution < -0.4 is 10.4 Å². The second-order valence-electron chi connectivity index (χ2n) is 7.24. The molecule has 0 atom stereocenters. The van der Waals surface area contributed by atoms with Gasteiger partial charge in [0.2, 0.25) is 0 Å². The molecule has 132 valence electrons. The number of hydrogen-bond donors (Lipinski definition) is 1. The fourth-order valence-corrected chi connectivity index (χ4v) is 2.19. The Balaban J connectivity index is 2.64. The van der Waals surface area contributed by atoms with Crippen LogP contribution in [0.2, 0.25) is 0 Å². The quantitative estimate of drug-likeness (QED) is 0.871. The topological polar surface area (TPSA) is 82.2 Å². The summed E-state index contributed by atoms with van der Waals surface area (Å²) in [5, 5.41) is 17.2. The monoisotopic (exact) mass is 334 g/mol. The SMILES string of the molecule is CCC(C)(C)c1ccc(OC(C)(C)CO)c(-n2nnn(C)c2=O)c1. The second kappa shape index (κ2) is 6.39. The third-order valence-electron chi connectivity index (χ3n) is 4.34. The molecule has 1 N–H and O–H groups in total. The van der Waals surface area contributed by atoms with Gasteiger partial charge in [-0.1, -0.05) is 26.8 Å². The van der Waals surface area contributed by atoms with E-state index in [-0.39, 0.29) is 17.7 Å². The van der Waals surface area contributed by atoms with Gasteiger partial charge in [-0.2, -0.15) is 9.36 Å². The Hall–Kier alpha value is -2.15. The van der Waals surface area contributed by atoms with Crippen LogP contribution in [-0.4, -0.2) is 37.1 Å². The molecule has 7 heteroatoms. The van der Waals surface area contributed by atoms with Gasteiger partial charge in [0, 0.05) is 7.05 Å². The molecule has 0 saturated heterocycles. The molecule has 0 unspecified atom stereocenters. The predicted octanol–water partition coefficient (Wildman–Crippen LogP) is 1.80. The summed E-state index contributed by atoms with van der Waals surface area (Å²) in [5.41, 5.74) is 0.419. The lowest BCUT2D eigenvalue weighted by Crippen LogP contribution is -2.33. The van der Waals surface area contributed by atoms with Gasteiger partial charge in [-0.25, -0.2) is 4.79 Å². The molecule has 1 heterocycles. The van der Waals surface area contributed by atoms with E-state index in [2.05, 4.69) is 31.2 Å². The maximum Gasteiger partial charge on any atom is 0.368 e. The Labute approximate surface area is 141 Å². The molecule has 0 spiro atoms. The number of aromatic nitrogens is 4. The molecule has 0 aliphatic rings. The molecule has 2 aromatic rings. The maximum atomic E-state index is 12.3. The minimum absolute atomic E-state index is 0.0500. The van der Waals surface area contributed by atoms with E-state index in [9.17, 15) is 9.90 Å². The number of aryl methyl sites for hydroxylation is 1. The normalized spacial score (nSPS) is 12.5. The first-order valence-corrected chi connectivity index (χ1v) is 8.05. The second-order valence-corrected chi connectivity index (χ2v) is 7.24. The van der Waals surface area contributed by atoms with Gasteiger partial charge >= 0.3 is 5.69 Å². The van der Waals surface area contributed by atoms with Crippen molar-refractivity contribution >= 4 is 0 Å². The highest BCUT2D eigenvalue weighted by molar-refractivity contribution is 5.50. The van der Waals surface area contributed by atoms with Crippen molar-refractivity contribution in [2.24, 2.45) is 7.05 Å². The number of nitrogens with zero attached hydrogens (tertiary/aromatic N) is 4. The minimum atomic E-state index is -0.775. The van der Waals surface area contributed by atoms with Crippen LogP contribution in [-0.2, 0) is 12.5 Å². The van der Waals surface area contributed by atoms with Gasteiger partial charge in [0.1, 0.15) is 17.0 Å². The zero-order valence-electron chi connectivity index (χ0n) is 15.2. The maximum absolute atomic E-state index is 12.3. The van der Waals surface area contributed by atoms with Gasteiger partial charge in [-0.05, 0) is 53.8 Å². The van der Waals surface area contributed by atoms with Crippen LogP contribution in [0.5, 0.6) is 5.75 Å². The van der Waals surface area contributed by atoms with E-state index in [1.807, 2.05) is 18.2 Å². The molecule has 0 amide bonds. The number of aliphatic hydroxyl groups excluding tert-OH is 1. The summed E-state index contributed by atoms with van der Waals surface area (Å²) >= 11 is 0. The molecule has 7 nitrogen and oxygen atoms in total. The van der Waals surface area contributed by atoms with Crippen LogP contribution in [0.4, 0.5) is 0 Å². The van der Waals surface area contributed by atoms with Crippen LogP contribution in [0.25, 0.3) is 5.69 Å². The van der Waals surface area contributed by atoms with Gasteiger partial charge in [0.25, 0.3) is 0 Å². The van der Waals surface area contributed by atoms with Gasteiger partial charge < -0.3 is 9.84 Å². The Morgan fingerprint density at radius 1 is 1.21 bits per heavy atom. The summed E-state index contributed by atoms with van der Waals surface area (Å²) in [5.74, 6) is 0.479. The van der Waals surface area contributed by atoms with Gasteiger partial charge in [0.05, 0.1) is 6.61 Å². The molecule has 0 saturated carbocycles. The molecule has 0 fully saturated rings. The molecular formula is C17H26N4O3. The molecule has 24 heavy (non-hydrogen) atoms. The molecule has 1 aromatic heterocycles. The van der Waals surface area contributed by atoms with Crippen molar-refractivity contribution < 1.29 is 9.84 Å². The van der Waals surface area contributed by atoms with E-state index >= 15 is 0 Å². The molecule has 2 rings (SSSR count). The number of tetrazole rings is 1. The first kappa shape index (κ1) is 18.2. The van der Waals surface area contributed by atoms with E-state index in [0.717, 1.165) is 12.0 Å². The molecular weight excluding hydrogens is 308 g/mol. The zero-order chi connectivity index (χ0) is 18.1. The predicted molar refractivity (Wildman–Crippen MR) is 91.7 cm³/mol. The highest BCUT2D eigenvalue weighted by Crippen LogP contribution is 2.33. The Morgan fingerprint density at radius 2 is 1.88 bits per heavy atom. The third-order valence-corrected chi connectivity index (χ3v) is 4.34. The Kier molecular flexibility index (Phi) is 4.85. The summed E-state index contributed by atoms with van der Waals surface area (Å²) in [6.45, 7) is 9.81. The summed E-state index contributed by atoms with van der Waals surface area (Å²) in [7, 11) is 1.55. The average molecular weight is 334 g/mol. The van der Waals surface area contributed by atoms with E-state index in [1.54, 1.807) is 20.9 Å². The van der Waals surface area contributed by atoms with Crippen LogP contribution in [0.3, 0.4) is 0 Å². The lowest BCUT2D eigenvalue weighted by atomic mass is 9.82. The van der Waals surface area contributed by atoms with Crippen molar-refractivity contribution in [2.75, 3.05) is 6.61 Å². The molecule has 0 aliphatic carbocycles.